The summed E-state index contributed by atoms with van der Waals surface area (Å²) in [6.45, 7) is 0.0658. The van der Waals surface area contributed by atoms with E-state index in [1.54, 1.807) is 24.3 Å². The fourth-order valence-corrected chi connectivity index (χ4v) is 3.17. The minimum Gasteiger partial charge on any atom is -0.493 e. The smallest absolute Gasteiger partial charge is 0.379 e. The first-order chi connectivity index (χ1) is 16.1. The van der Waals surface area contributed by atoms with Gasteiger partial charge < -0.3 is 19.2 Å². The van der Waals surface area contributed by atoms with E-state index in [-0.39, 0.29) is 24.0 Å². The molecule has 0 saturated heterocycles. The number of nitrogens with one attached hydrogen (secondary N) is 2. The minimum atomic E-state index is -0.634. The van der Waals surface area contributed by atoms with E-state index in [2.05, 4.69) is 15.8 Å². The third kappa shape index (κ3) is 5.37. The Morgan fingerprint density at radius 1 is 1.00 bits per heavy atom. The molecule has 1 amide bonds. The lowest BCUT2D eigenvalue weighted by atomic mass is 10.1. The zero-order chi connectivity index (χ0) is 23.0. The number of anilines is 1. The molecule has 3 aromatic carbocycles. The molecule has 0 unspecified atom stereocenters. The zero-order valence-corrected chi connectivity index (χ0v) is 17.8. The van der Waals surface area contributed by atoms with Crippen molar-refractivity contribution in [3.8, 4) is 11.5 Å². The molecular weight excluding hydrogens is 422 g/mol. The van der Waals surface area contributed by atoms with E-state index in [1.807, 2.05) is 42.5 Å². The number of methoxy groups -OCH3 is 1. The Labute approximate surface area is 189 Å². The average Bonchev–Trinajstić information content (AvgIpc) is 3.39. The molecule has 33 heavy (non-hydrogen) atoms. The van der Waals surface area contributed by atoms with Gasteiger partial charge in [0.2, 0.25) is 5.76 Å². The van der Waals surface area contributed by atoms with E-state index in [0.29, 0.717) is 11.3 Å². The topological polar surface area (TPSA) is 102 Å². The van der Waals surface area contributed by atoms with E-state index in [4.69, 9.17) is 13.9 Å². The summed E-state index contributed by atoms with van der Waals surface area (Å²) in [7, 11) is 1.46. The number of rotatable bonds is 8. The normalized spacial score (nSPS) is 10.8. The van der Waals surface area contributed by atoms with Gasteiger partial charge in [-0.25, -0.2) is 10.2 Å². The summed E-state index contributed by atoms with van der Waals surface area (Å²) < 4.78 is 15.6. The van der Waals surface area contributed by atoms with E-state index in [0.717, 1.165) is 16.5 Å². The lowest BCUT2D eigenvalue weighted by molar-refractivity contribution is -0.119. The number of amides is 1. The van der Waals surface area contributed by atoms with Crippen LogP contribution >= 0.6 is 0 Å². The summed E-state index contributed by atoms with van der Waals surface area (Å²) in [5.41, 5.74) is 4.00. The second kappa shape index (κ2) is 10.1. The van der Waals surface area contributed by atoms with Crippen molar-refractivity contribution in [1.82, 2.24) is 5.43 Å². The lowest BCUT2D eigenvalue weighted by Crippen LogP contribution is -2.25. The standard InChI is InChI=1S/C25H21N3O5/c1-31-23-14-17(11-12-21(23)33-25(30)22-10-5-13-32-22)15-27-28-24(29)16-26-20-9-4-7-18-6-2-3-8-19(18)20/h2-15,26H,16H2,1H3,(H,28,29)/b27-15+. The van der Waals surface area contributed by atoms with Crippen LogP contribution in [0, 0.1) is 0 Å². The quantitative estimate of drug-likeness (QED) is 0.183. The largest absolute Gasteiger partial charge is 0.493 e. The first-order valence-electron chi connectivity index (χ1n) is 10.1. The van der Waals surface area contributed by atoms with Crippen LogP contribution in [0.15, 0.2) is 88.6 Å². The Morgan fingerprint density at radius 2 is 1.85 bits per heavy atom. The molecule has 0 aliphatic heterocycles. The van der Waals surface area contributed by atoms with Crippen LogP contribution in [-0.4, -0.2) is 31.7 Å². The molecule has 166 valence electrons. The molecule has 1 aromatic heterocycles. The molecule has 0 fully saturated rings. The van der Waals surface area contributed by atoms with Gasteiger partial charge in [0.1, 0.15) is 0 Å². The lowest BCUT2D eigenvalue weighted by Gasteiger charge is -2.09. The third-order valence-electron chi connectivity index (χ3n) is 4.74. The highest BCUT2D eigenvalue weighted by atomic mass is 16.6. The minimum absolute atomic E-state index is 0.0658. The van der Waals surface area contributed by atoms with Crippen molar-refractivity contribution in [2.24, 2.45) is 5.10 Å². The molecule has 0 saturated carbocycles. The maximum Gasteiger partial charge on any atom is 0.379 e. The van der Waals surface area contributed by atoms with Crippen LogP contribution in [0.1, 0.15) is 16.1 Å². The fourth-order valence-electron chi connectivity index (χ4n) is 3.17. The van der Waals surface area contributed by atoms with E-state index in [9.17, 15) is 9.59 Å². The third-order valence-corrected chi connectivity index (χ3v) is 4.74. The molecule has 0 aliphatic rings. The Balaban J connectivity index is 1.33. The van der Waals surface area contributed by atoms with Crippen molar-refractivity contribution >= 4 is 34.6 Å². The molecule has 8 nitrogen and oxygen atoms in total. The van der Waals surface area contributed by atoms with Gasteiger partial charge in [0, 0.05) is 11.1 Å². The fraction of sp³-hybridized carbons (Fsp3) is 0.0800. The van der Waals surface area contributed by atoms with Gasteiger partial charge >= 0.3 is 5.97 Å². The Hall–Kier alpha value is -4.59. The number of fused-ring (bicyclic) bond motifs is 1. The summed E-state index contributed by atoms with van der Waals surface area (Å²) in [4.78, 5) is 24.2. The number of carbonyl (C=O) groups excluding carboxylic acids is 2. The van der Waals surface area contributed by atoms with E-state index >= 15 is 0 Å². The Kier molecular flexibility index (Phi) is 6.65. The highest BCUT2D eigenvalue weighted by Gasteiger charge is 2.15. The van der Waals surface area contributed by atoms with Gasteiger partial charge in [-0.05, 0) is 47.3 Å². The molecule has 4 aromatic rings. The number of hydrogen-bond acceptors (Lipinski definition) is 7. The molecule has 0 atom stereocenters. The number of nitrogens with zero attached hydrogens (tertiary/aromatic N) is 1. The van der Waals surface area contributed by atoms with Crippen molar-refractivity contribution < 1.29 is 23.5 Å². The van der Waals surface area contributed by atoms with Crippen molar-refractivity contribution in [1.29, 1.82) is 0 Å². The number of benzene rings is 3. The number of hydrazone groups is 1. The van der Waals surface area contributed by atoms with Crippen LogP contribution in [0.3, 0.4) is 0 Å². The van der Waals surface area contributed by atoms with Crippen molar-refractivity contribution in [2.75, 3.05) is 19.0 Å². The molecule has 0 radical (unpaired) electrons. The summed E-state index contributed by atoms with van der Waals surface area (Å²) >= 11 is 0. The van der Waals surface area contributed by atoms with Crippen LogP contribution in [0.2, 0.25) is 0 Å². The summed E-state index contributed by atoms with van der Waals surface area (Å²) in [6, 6.07) is 21.8. The number of hydrogen-bond donors (Lipinski definition) is 2. The first-order valence-corrected chi connectivity index (χ1v) is 10.1. The van der Waals surface area contributed by atoms with E-state index < -0.39 is 5.97 Å². The monoisotopic (exact) mass is 443 g/mol. The molecule has 0 bridgehead atoms. The average molecular weight is 443 g/mol. The molecular formula is C25H21N3O5. The van der Waals surface area contributed by atoms with Crippen LogP contribution in [0.4, 0.5) is 5.69 Å². The van der Waals surface area contributed by atoms with Gasteiger partial charge in [0.15, 0.2) is 11.5 Å². The molecule has 2 N–H and O–H groups in total. The predicted octanol–water partition coefficient (Wildman–Crippen LogP) is 4.22. The van der Waals surface area contributed by atoms with Gasteiger partial charge in [-0.3, -0.25) is 4.79 Å². The van der Waals surface area contributed by atoms with Crippen LogP contribution in [-0.2, 0) is 4.79 Å². The molecule has 8 heteroatoms. The summed E-state index contributed by atoms with van der Waals surface area (Å²) in [5, 5.41) is 9.24. The van der Waals surface area contributed by atoms with Crippen molar-refractivity contribution in [2.45, 2.75) is 0 Å². The van der Waals surface area contributed by atoms with E-state index in [1.165, 1.54) is 25.7 Å². The molecule has 0 spiro atoms. The Bertz CT molecular complexity index is 1290. The number of esters is 1. The predicted molar refractivity (Wildman–Crippen MR) is 125 cm³/mol. The highest BCUT2D eigenvalue weighted by molar-refractivity contribution is 5.95. The second-order valence-electron chi connectivity index (χ2n) is 6.95. The molecule has 0 aliphatic carbocycles. The van der Waals surface area contributed by atoms with Crippen LogP contribution in [0.25, 0.3) is 10.8 Å². The van der Waals surface area contributed by atoms with Crippen molar-refractivity contribution in [3.63, 3.8) is 0 Å². The second-order valence-corrected chi connectivity index (χ2v) is 6.95. The summed E-state index contributed by atoms with van der Waals surface area (Å²) in [6.07, 6.45) is 2.86. The number of carbonyl (C=O) groups is 2. The zero-order valence-electron chi connectivity index (χ0n) is 17.8. The van der Waals surface area contributed by atoms with Crippen molar-refractivity contribution in [3.05, 3.63) is 90.4 Å². The first kappa shape index (κ1) is 21.6. The molecule has 4 rings (SSSR count). The highest BCUT2D eigenvalue weighted by Crippen LogP contribution is 2.28. The maximum atomic E-state index is 12.2. The van der Waals surface area contributed by atoms with Crippen LogP contribution in [0.5, 0.6) is 11.5 Å². The number of furan rings is 1. The molecule has 1 heterocycles. The van der Waals surface area contributed by atoms with Gasteiger partial charge in [-0.2, -0.15) is 5.10 Å². The summed E-state index contributed by atoms with van der Waals surface area (Å²) in [5.74, 6) is -0.273. The Morgan fingerprint density at radius 3 is 2.67 bits per heavy atom. The van der Waals surface area contributed by atoms with Gasteiger partial charge in [0.05, 0.1) is 26.1 Å². The maximum absolute atomic E-state index is 12.2. The van der Waals surface area contributed by atoms with Crippen LogP contribution < -0.4 is 20.2 Å². The number of ether oxygens (including phenoxy) is 2. The van der Waals surface area contributed by atoms with Gasteiger partial charge in [-0.1, -0.05) is 36.4 Å². The SMILES string of the molecule is COc1cc(/C=N/NC(=O)CNc2cccc3ccccc23)ccc1OC(=O)c1ccco1. The van der Waals surface area contributed by atoms with Gasteiger partial charge in [-0.15, -0.1) is 0 Å². The van der Waals surface area contributed by atoms with Gasteiger partial charge in [0.25, 0.3) is 5.91 Å².